The third-order valence-corrected chi connectivity index (χ3v) is 4.42. The average molecular weight is 354 g/mol. The SMILES string of the molecule is COC(=O)C[C@H](NC(=O)c1cc(Cl)ccc1OC)c1cccs1. The number of methoxy groups -OCH3 is 2. The Balaban J connectivity index is 2.24. The van der Waals surface area contributed by atoms with Crippen molar-refractivity contribution < 1.29 is 19.1 Å². The van der Waals surface area contributed by atoms with Gasteiger partial charge in [0.2, 0.25) is 0 Å². The van der Waals surface area contributed by atoms with Crippen molar-refractivity contribution >= 4 is 34.8 Å². The van der Waals surface area contributed by atoms with Crippen molar-refractivity contribution in [2.24, 2.45) is 0 Å². The summed E-state index contributed by atoms with van der Waals surface area (Å²) in [5.74, 6) is -0.358. The highest BCUT2D eigenvalue weighted by Crippen LogP contribution is 2.26. The van der Waals surface area contributed by atoms with Crippen LogP contribution in [0.3, 0.4) is 0 Å². The third-order valence-electron chi connectivity index (χ3n) is 3.20. The minimum absolute atomic E-state index is 0.0473. The first-order chi connectivity index (χ1) is 11.0. The molecular weight excluding hydrogens is 338 g/mol. The summed E-state index contributed by atoms with van der Waals surface area (Å²) in [4.78, 5) is 25.0. The number of ether oxygens (including phenoxy) is 2. The van der Waals surface area contributed by atoms with E-state index in [0.717, 1.165) is 4.88 Å². The molecule has 1 amide bonds. The Morgan fingerprint density at radius 3 is 2.70 bits per heavy atom. The van der Waals surface area contributed by atoms with Crippen molar-refractivity contribution in [2.45, 2.75) is 12.5 Å². The van der Waals surface area contributed by atoms with Crippen LogP contribution in [-0.2, 0) is 9.53 Å². The van der Waals surface area contributed by atoms with Gasteiger partial charge in [-0.05, 0) is 29.6 Å². The fourth-order valence-corrected chi connectivity index (χ4v) is 3.01. The molecule has 1 atom stereocenters. The summed E-state index contributed by atoms with van der Waals surface area (Å²) in [5.41, 5.74) is 0.312. The molecule has 0 aliphatic rings. The van der Waals surface area contributed by atoms with Crippen LogP contribution in [0.25, 0.3) is 0 Å². The van der Waals surface area contributed by atoms with Gasteiger partial charge in [-0.3, -0.25) is 9.59 Å². The van der Waals surface area contributed by atoms with Gasteiger partial charge in [0.1, 0.15) is 5.75 Å². The summed E-state index contributed by atoms with van der Waals surface area (Å²) in [6.45, 7) is 0. The van der Waals surface area contributed by atoms with Crippen molar-refractivity contribution in [2.75, 3.05) is 14.2 Å². The normalized spacial score (nSPS) is 11.6. The quantitative estimate of drug-likeness (QED) is 0.808. The largest absolute Gasteiger partial charge is 0.496 e. The minimum Gasteiger partial charge on any atom is -0.496 e. The maximum atomic E-state index is 12.6. The molecule has 0 bridgehead atoms. The lowest BCUT2D eigenvalue weighted by Crippen LogP contribution is -2.30. The van der Waals surface area contributed by atoms with Crippen LogP contribution in [0.15, 0.2) is 35.7 Å². The molecular formula is C16H16ClNO4S. The number of hydrogen-bond acceptors (Lipinski definition) is 5. The molecule has 1 N–H and O–H groups in total. The predicted molar refractivity (Wildman–Crippen MR) is 89.2 cm³/mol. The summed E-state index contributed by atoms with van der Waals surface area (Å²) in [5, 5.41) is 5.14. The number of halogens is 1. The molecule has 0 fully saturated rings. The number of rotatable bonds is 6. The number of esters is 1. The molecule has 0 aliphatic carbocycles. The highest BCUT2D eigenvalue weighted by molar-refractivity contribution is 7.10. The maximum Gasteiger partial charge on any atom is 0.307 e. The molecule has 5 nitrogen and oxygen atoms in total. The smallest absolute Gasteiger partial charge is 0.307 e. The van der Waals surface area contributed by atoms with Crippen molar-refractivity contribution in [3.8, 4) is 5.75 Å². The van der Waals surface area contributed by atoms with Gasteiger partial charge < -0.3 is 14.8 Å². The molecule has 2 aromatic rings. The molecule has 1 heterocycles. The van der Waals surface area contributed by atoms with Gasteiger partial charge in [-0.2, -0.15) is 0 Å². The summed E-state index contributed by atoms with van der Waals surface area (Å²) >= 11 is 7.41. The van der Waals surface area contributed by atoms with Gasteiger partial charge in [-0.15, -0.1) is 11.3 Å². The molecule has 0 unspecified atom stereocenters. The van der Waals surface area contributed by atoms with Gasteiger partial charge in [-0.25, -0.2) is 0 Å². The van der Waals surface area contributed by atoms with Gasteiger partial charge in [0.25, 0.3) is 5.91 Å². The van der Waals surface area contributed by atoms with E-state index in [1.54, 1.807) is 12.1 Å². The second kappa shape index (κ2) is 7.99. The summed E-state index contributed by atoms with van der Waals surface area (Å²) in [7, 11) is 2.79. The molecule has 1 aromatic carbocycles. The van der Waals surface area contributed by atoms with Crippen LogP contribution in [0, 0.1) is 0 Å². The first kappa shape index (κ1) is 17.3. The Hall–Kier alpha value is -2.05. The number of nitrogens with one attached hydrogen (secondary N) is 1. The third kappa shape index (κ3) is 4.46. The molecule has 1 aromatic heterocycles. The molecule has 0 radical (unpaired) electrons. The second-order valence-electron chi connectivity index (χ2n) is 4.67. The number of carbonyl (C=O) groups is 2. The molecule has 122 valence electrons. The molecule has 0 saturated heterocycles. The Morgan fingerprint density at radius 2 is 2.09 bits per heavy atom. The van der Waals surface area contributed by atoms with E-state index in [-0.39, 0.29) is 12.3 Å². The number of benzene rings is 1. The number of hydrogen-bond donors (Lipinski definition) is 1. The van der Waals surface area contributed by atoms with Crippen LogP contribution in [-0.4, -0.2) is 26.1 Å². The van der Waals surface area contributed by atoms with Gasteiger partial charge in [0, 0.05) is 9.90 Å². The zero-order chi connectivity index (χ0) is 16.8. The van der Waals surface area contributed by atoms with E-state index in [1.165, 1.54) is 31.6 Å². The first-order valence-electron chi connectivity index (χ1n) is 6.79. The van der Waals surface area contributed by atoms with E-state index in [1.807, 2.05) is 17.5 Å². The van der Waals surface area contributed by atoms with Crippen LogP contribution >= 0.6 is 22.9 Å². The van der Waals surface area contributed by atoms with Crippen LogP contribution < -0.4 is 10.1 Å². The van der Waals surface area contributed by atoms with Crippen LogP contribution in [0.1, 0.15) is 27.7 Å². The van der Waals surface area contributed by atoms with Crippen molar-refractivity contribution in [3.63, 3.8) is 0 Å². The topological polar surface area (TPSA) is 64.6 Å². The summed E-state index contributed by atoms with van der Waals surface area (Å²) < 4.78 is 9.89. The molecule has 0 aliphatic heterocycles. The highest BCUT2D eigenvalue weighted by atomic mass is 35.5. The fourth-order valence-electron chi connectivity index (χ4n) is 2.06. The van der Waals surface area contributed by atoms with E-state index >= 15 is 0 Å². The average Bonchev–Trinajstić information content (AvgIpc) is 3.08. The van der Waals surface area contributed by atoms with E-state index in [0.29, 0.717) is 16.3 Å². The Morgan fingerprint density at radius 1 is 1.30 bits per heavy atom. The van der Waals surface area contributed by atoms with Gasteiger partial charge in [0.05, 0.1) is 32.2 Å². The van der Waals surface area contributed by atoms with Gasteiger partial charge in [-0.1, -0.05) is 17.7 Å². The van der Waals surface area contributed by atoms with Gasteiger partial charge >= 0.3 is 5.97 Å². The van der Waals surface area contributed by atoms with Crippen molar-refractivity contribution in [1.82, 2.24) is 5.32 Å². The molecule has 0 spiro atoms. The molecule has 7 heteroatoms. The lowest BCUT2D eigenvalue weighted by atomic mass is 10.1. The lowest BCUT2D eigenvalue weighted by Gasteiger charge is -2.17. The van der Waals surface area contributed by atoms with Crippen molar-refractivity contribution in [1.29, 1.82) is 0 Å². The van der Waals surface area contributed by atoms with Crippen LogP contribution in [0.5, 0.6) is 5.75 Å². The van der Waals surface area contributed by atoms with Crippen LogP contribution in [0.4, 0.5) is 0 Å². The molecule has 23 heavy (non-hydrogen) atoms. The number of amides is 1. The Kier molecular flexibility index (Phi) is 6.01. The minimum atomic E-state index is -0.473. The fraction of sp³-hybridized carbons (Fsp3) is 0.250. The van der Waals surface area contributed by atoms with E-state index in [2.05, 4.69) is 5.32 Å². The van der Waals surface area contributed by atoms with E-state index in [4.69, 9.17) is 21.1 Å². The van der Waals surface area contributed by atoms with E-state index in [9.17, 15) is 9.59 Å². The molecule has 0 saturated carbocycles. The van der Waals surface area contributed by atoms with Crippen molar-refractivity contribution in [3.05, 3.63) is 51.2 Å². The van der Waals surface area contributed by atoms with E-state index < -0.39 is 12.0 Å². The summed E-state index contributed by atoms with van der Waals surface area (Å²) in [6.07, 6.45) is 0.0473. The zero-order valence-corrected chi connectivity index (χ0v) is 14.2. The zero-order valence-electron chi connectivity index (χ0n) is 12.7. The first-order valence-corrected chi connectivity index (χ1v) is 8.05. The number of carbonyl (C=O) groups excluding carboxylic acids is 2. The predicted octanol–water partition coefficient (Wildman–Crippen LogP) is 3.44. The van der Waals surface area contributed by atoms with Crippen LogP contribution in [0.2, 0.25) is 5.02 Å². The maximum absolute atomic E-state index is 12.6. The van der Waals surface area contributed by atoms with Gasteiger partial charge in [0.15, 0.2) is 0 Å². The summed E-state index contributed by atoms with van der Waals surface area (Å²) in [6, 6.07) is 8.03. The Bertz CT molecular complexity index is 687. The molecule has 2 rings (SSSR count). The lowest BCUT2D eigenvalue weighted by molar-refractivity contribution is -0.141. The monoisotopic (exact) mass is 353 g/mol. The number of thiophene rings is 1. The second-order valence-corrected chi connectivity index (χ2v) is 6.08. The Labute approximate surface area is 143 Å². The highest BCUT2D eigenvalue weighted by Gasteiger charge is 2.22. The standard InChI is InChI=1S/C16H16ClNO4S/c1-21-13-6-5-10(17)8-11(13)16(20)18-12(9-15(19)22-2)14-4-3-7-23-14/h3-8,12H,9H2,1-2H3,(H,18,20)/t12-/m0/s1.